The Morgan fingerprint density at radius 3 is 3.12 bits per heavy atom. The molecule has 0 spiro atoms. The van der Waals surface area contributed by atoms with Crippen molar-refractivity contribution >= 4 is 21.8 Å². The number of hydrogen-bond acceptors (Lipinski definition) is 3. The largest absolute Gasteiger partial charge is 0.348 e. The third kappa shape index (κ3) is 2.66. The Balaban J connectivity index is 1.98. The minimum absolute atomic E-state index is 0.135. The van der Waals surface area contributed by atoms with Gasteiger partial charge >= 0.3 is 0 Å². The van der Waals surface area contributed by atoms with E-state index in [1.165, 1.54) is 0 Å². The molecule has 6 heteroatoms. The third-order valence-electron chi connectivity index (χ3n) is 2.00. The lowest BCUT2D eigenvalue weighted by molar-refractivity contribution is 0.0950. The number of aromatic nitrogens is 3. The maximum atomic E-state index is 11.7. The first-order valence-corrected chi connectivity index (χ1v) is 5.42. The van der Waals surface area contributed by atoms with E-state index in [9.17, 15) is 4.79 Å². The highest BCUT2D eigenvalue weighted by atomic mass is 79.9. The fourth-order valence-corrected chi connectivity index (χ4v) is 1.57. The molecule has 0 atom stereocenters. The maximum absolute atomic E-state index is 11.7. The fourth-order valence-electron chi connectivity index (χ4n) is 1.20. The van der Waals surface area contributed by atoms with E-state index in [2.05, 4.69) is 36.4 Å². The number of carbonyl (C=O) groups excluding carboxylic acids is 1. The first-order valence-electron chi connectivity index (χ1n) is 4.63. The van der Waals surface area contributed by atoms with Crippen molar-refractivity contribution in [1.82, 2.24) is 20.5 Å². The lowest BCUT2D eigenvalue weighted by atomic mass is 10.2. The number of hydrogen-bond donors (Lipinski definition) is 2. The number of pyridine rings is 1. The summed E-state index contributed by atoms with van der Waals surface area (Å²) in [6, 6.07) is 3.33. The van der Waals surface area contributed by atoms with Crippen LogP contribution in [-0.4, -0.2) is 21.1 Å². The van der Waals surface area contributed by atoms with Crippen molar-refractivity contribution in [3.63, 3.8) is 0 Å². The van der Waals surface area contributed by atoms with Crippen LogP contribution in [0, 0.1) is 0 Å². The highest BCUT2D eigenvalue weighted by Gasteiger charge is 2.05. The average Bonchev–Trinajstić information content (AvgIpc) is 2.78. The SMILES string of the molecule is O=C(NCc1cn[nH]c1)c1ccnc(Br)c1. The smallest absolute Gasteiger partial charge is 0.251 e. The number of H-pyrrole nitrogens is 1. The highest BCUT2D eigenvalue weighted by Crippen LogP contribution is 2.08. The molecule has 0 saturated carbocycles. The summed E-state index contributed by atoms with van der Waals surface area (Å²) in [5, 5.41) is 9.26. The van der Waals surface area contributed by atoms with Gasteiger partial charge in [-0.2, -0.15) is 5.10 Å². The van der Waals surface area contributed by atoms with Crippen LogP contribution < -0.4 is 5.32 Å². The molecular weight excluding hydrogens is 272 g/mol. The summed E-state index contributed by atoms with van der Waals surface area (Å²) in [4.78, 5) is 15.7. The van der Waals surface area contributed by atoms with E-state index in [-0.39, 0.29) is 5.91 Å². The molecule has 0 aliphatic heterocycles. The van der Waals surface area contributed by atoms with Gasteiger partial charge in [0.1, 0.15) is 4.60 Å². The van der Waals surface area contributed by atoms with Gasteiger partial charge in [-0.3, -0.25) is 9.89 Å². The summed E-state index contributed by atoms with van der Waals surface area (Å²) in [5.74, 6) is -0.135. The zero-order chi connectivity index (χ0) is 11.4. The van der Waals surface area contributed by atoms with Crippen LogP contribution in [0.2, 0.25) is 0 Å². The standard InChI is InChI=1S/C10H9BrN4O/c11-9-3-8(1-2-12-9)10(16)13-4-7-5-14-15-6-7/h1-3,5-6H,4H2,(H,13,16)(H,14,15). The molecule has 0 saturated heterocycles. The van der Waals surface area contributed by atoms with Gasteiger partial charge in [0, 0.05) is 30.1 Å². The molecule has 0 fully saturated rings. The Labute approximate surface area is 100 Å². The molecule has 2 aromatic heterocycles. The molecule has 2 aromatic rings. The van der Waals surface area contributed by atoms with Gasteiger partial charge in [-0.05, 0) is 28.1 Å². The Hall–Kier alpha value is -1.69. The molecule has 2 N–H and O–H groups in total. The van der Waals surface area contributed by atoms with Crippen molar-refractivity contribution in [3.8, 4) is 0 Å². The van der Waals surface area contributed by atoms with E-state index in [1.54, 1.807) is 30.7 Å². The number of halogens is 1. The molecular formula is C10H9BrN4O. The predicted molar refractivity (Wildman–Crippen MR) is 61.7 cm³/mol. The molecule has 2 heterocycles. The molecule has 0 radical (unpaired) electrons. The Morgan fingerprint density at radius 1 is 1.56 bits per heavy atom. The number of aromatic amines is 1. The van der Waals surface area contributed by atoms with E-state index < -0.39 is 0 Å². The second-order valence-corrected chi connectivity index (χ2v) is 3.97. The quantitative estimate of drug-likeness (QED) is 0.837. The first-order chi connectivity index (χ1) is 7.75. The summed E-state index contributed by atoms with van der Waals surface area (Å²) in [5.41, 5.74) is 1.51. The lowest BCUT2D eigenvalue weighted by Gasteiger charge is -2.03. The van der Waals surface area contributed by atoms with Crippen LogP contribution in [0.15, 0.2) is 35.3 Å². The third-order valence-corrected chi connectivity index (χ3v) is 2.43. The van der Waals surface area contributed by atoms with E-state index >= 15 is 0 Å². The van der Waals surface area contributed by atoms with E-state index in [0.29, 0.717) is 16.7 Å². The number of amides is 1. The molecule has 5 nitrogen and oxygen atoms in total. The predicted octanol–water partition coefficient (Wildman–Crippen LogP) is 1.50. The van der Waals surface area contributed by atoms with Crippen LogP contribution in [0.4, 0.5) is 0 Å². The first kappa shape index (κ1) is 10.8. The molecule has 0 aromatic carbocycles. The number of nitrogens with one attached hydrogen (secondary N) is 2. The summed E-state index contributed by atoms with van der Waals surface area (Å²) in [6.45, 7) is 0.454. The normalized spacial score (nSPS) is 10.1. The fraction of sp³-hybridized carbons (Fsp3) is 0.100. The van der Waals surface area contributed by atoms with Crippen molar-refractivity contribution in [1.29, 1.82) is 0 Å². The van der Waals surface area contributed by atoms with E-state index in [0.717, 1.165) is 5.56 Å². The van der Waals surface area contributed by atoms with E-state index in [4.69, 9.17) is 0 Å². The van der Waals surface area contributed by atoms with E-state index in [1.807, 2.05) is 0 Å². The second kappa shape index (κ2) is 4.89. The molecule has 0 aliphatic rings. The van der Waals surface area contributed by atoms with Crippen LogP contribution in [0.25, 0.3) is 0 Å². The number of rotatable bonds is 3. The molecule has 2 rings (SSSR count). The van der Waals surface area contributed by atoms with Crippen molar-refractivity contribution in [2.24, 2.45) is 0 Å². The van der Waals surface area contributed by atoms with Gasteiger partial charge < -0.3 is 5.32 Å². The van der Waals surface area contributed by atoms with Crippen LogP contribution in [0.1, 0.15) is 15.9 Å². The molecule has 16 heavy (non-hydrogen) atoms. The average molecular weight is 281 g/mol. The Kier molecular flexibility index (Phi) is 3.31. The molecule has 0 aliphatic carbocycles. The highest BCUT2D eigenvalue weighted by molar-refractivity contribution is 9.10. The van der Waals surface area contributed by atoms with Gasteiger partial charge in [-0.15, -0.1) is 0 Å². The summed E-state index contributed by atoms with van der Waals surface area (Å²) < 4.78 is 0.642. The number of carbonyl (C=O) groups is 1. The zero-order valence-corrected chi connectivity index (χ0v) is 9.86. The zero-order valence-electron chi connectivity index (χ0n) is 8.27. The van der Waals surface area contributed by atoms with Crippen molar-refractivity contribution in [2.75, 3.05) is 0 Å². The van der Waals surface area contributed by atoms with Gasteiger partial charge in [0.25, 0.3) is 5.91 Å². The minimum Gasteiger partial charge on any atom is -0.348 e. The van der Waals surface area contributed by atoms with Crippen molar-refractivity contribution in [2.45, 2.75) is 6.54 Å². The van der Waals surface area contributed by atoms with Gasteiger partial charge in [0.2, 0.25) is 0 Å². The van der Waals surface area contributed by atoms with Gasteiger partial charge in [-0.25, -0.2) is 4.98 Å². The minimum atomic E-state index is -0.135. The molecule has 1 amide bonds. The van der Waals surface area contributed by atoms with Crippen LogP contribution in [0.5, 0.6) is 0 Å². The van der Waals surface area contributed by atoms with Crippen LogP contribution in [0.3, 0.4) is 0 Å². The van der Waals surface area contributed by atoms with Crippen LogP contribution in [-0.2, 0) is 6.54 Å². The summed E-state index contributed by atoms with van der Waals surface area (Å²) in [6.07, 6.45) is 4.99. The molecule has 0 bridgehead atoms. The summed E-state index contributed by atoms with van der Waals surface area (Å²) in [7, 11) is 0. The van der Waals surface area contributed by atoms with Gasteiger partial charge in [0.15, 0.2) is 0 Å². The lowest BCUT2D eigenvalue weighted by Crippen LogP contribution is -2.22. The monoisotopic (exact) mass is 280 g/mol. The maximum Gasteiger partial charge on any atom is 0.251 e. The number of nitrogens with zero attached hydrogens (tertiary/aromatic N) is 2. The molecule has 0 unspecified atom stereocenters. The van der Waals surface area contributed by atoms with Gasteiger partial charge in [-0.1, -0.05) is 0 Å². The van der Waals surface area contributed by atoms with Crippen molar-refractivity contribution in [3.05, 3.63) is 46.5 Å². The van der Waals surface area contributed by atoms with Crippen LogP contribution >= 0.6 is 15.9 Å². The Morgan fingerprint density at radius 2 is 2.44 bits per heavy atom. The van der Waals surface area contributed by atoms with Crippen molar-refractivity contribution < 1.29 is 4.79 Å². The van der Waals surface area contributed by atoms with Gasteiger partial charge in [0.05, 0.1) is 6.20 Å². The molecule has 82 valence electrons. The second-order valence-electron chi connectivity index (χ2n) is 3.16. The Bertz CT molecular complexity index is 483. The summed E-state index contributed by atoms with van der Waals surface area (Å²) >= 11 is 3.21. The topological polar surface area (TPSA) is 70.7 Å².